The molecule has 4 aromatic rings. The van der Waals surface area contributed by atoms with Gasteiger partial charge in [-0.05, 0) is 39.3 Å². The van der Waals surface area contributed by atoms with Crippen LogP contribution in [0.15, 0.2) is 42.9 Å². The van der Waals surface area contributed by atoms with Crippen LogP contribution in [0.25, 0.3) is 33.4 Å². The van der Waals surface area contributed by atoms with Crippen LogP contribution in [-0.2, 0) is 11.8 Å². The summed E-state index contributed by atoms with van der Waals surface area (Å²) in [5, 5.41) is 9.50. The molecule has 0 N–H and O–H groups in total. The van der Waals surface area contributed by atoms with Gasteiger partial charge in [0.1, 0.15) is 17.6 Å². The first-order chi connectivity index (χ1) is 14.7. The van der Waals surface area contributed by atoms with Gasteiger partial charge in [0.25, 0.3) is 0 Å². The maximum Gasteiger partial charge on any atom is 0.435 e. The summed E-state index contributed by atoms with van der Waals surface area (Å²) in [6.45, 7) is 7.30. The van der Waals surface area contributed by atoms with Crippen molar-refractivity contribution in [1.82, 2.24) is 24.5 Å². The SMILES string of the molecule is Cc1c(C=O)cccc1-c1cc2c(-c3cnn(C)c3)nn(C(=O)OC(C)(C)C)c2cn1. The molecule has 3 aromatic heterocycles. The van der Waals surface area contributed by atoms with E-state index in [1.54, 1.807) is 43.9 Å². The molecular weight excluding hydrogens is 394 g/mol. The fraction of sp³-hybridized carbons (Fsp3) is 0.261. The number of benzene rings is 1. The number of carbonyl (C=O) groups is 2. The molecule has 3 heterocycles. The molecule has 8 heteroatoms. The van der Waals surface area contributed by atoms with E-state index < -0.39 is 11.7 Å². The molecule has 1 aromatic carbocycles. The fourth-order valence-electron chi connectivity index (χ4n) is 3.42. The molecule has 0 unspecified atom stereocenters. The number of carbonyl (C=O) groups excluding carboxylic acids is 2. The summed E-state index contributed by atoms with van der Waals surface area (Å²) < 4.78 is 8.43. The lowest BCUT2D eigenvalue weighted by Gasteiger charge is -2.19. The Morgan fingerprint density at radius 2 is 1.97 bits per heavy atom. The smallest absolute Gasteiger partial charge is 0.435 e. The average molecular weight is 417 g/mol. The first kappa shape index (κ1) is 20.5. The lowest BCUT2D eigenvalue weighted by atomic mass is 9.99. The van der Waals surface area contributed by atoms with E-state index in [0.29, 0.717) is 22.5 Å². The second kappa shape index (κ2) is 7.46. The van der Waals surface area contributed by atoms with E-state index >= 15 is 0 Å². The van der Waals surface area contributed by atoms with Crippen LogP contribution in [-0.4, -0.2) is 42.5 Å². The van der Waals surface area contributed by atoms with Gasteiger partial charge in [0, 0.05) is 35.3 Å². The minimum Gasteiger partial charge on any atom is -0.442 e. The lowest BCUT2D eigenvalue weighted by Crippen LogP contribution is -2.27. The Balaban J connectivity index is 1.93. The first-order valence-corrected chi connectivity index (χ1v) is 9.84. The van der Waals surface area contributed by atoms with Gasteiger partial charge in [0.05, 0.1) is 23.6 Å². The summed E-state index contributed by atoms with van der Waals surface area (Å²) in [5.41, 5.74) is 4.20. The number of hydrogen-bond donors (Lipinski definition) is 0. The van der Waals surface area contributed by atoms with Crippen LogP contribution in [0.3, 0.4) is 0 Å². The van der Waals surface area contributed by atoms with Gasteiger partial charge in [-0.25, -0.2) is 4.79 Å². The van der Waals surface area contributed by atoms with Crippen LogP contribution in [0.4, 0.5) is 4.79 Å². The van der Waals surface area contributed by atoms with Gasteiger partial charge in [-0.3, -0.25) is 14.5 Å². The second-order valence-electron chi connectivity index (χ2n) is 8.37. The highest BCUT2D eigenvalue weighted by Gasteiger charge is 2.24. The third kappa shape index (κ3) is 3.84. The van der Waals surface area contributed by atoms with Crippen molar-refractivity contribution >= 4 is 23.3 Å². The predicted octanol–water partition coefficient (Wildman–Crippen LogP) is 4.40. The number of hydrogen-bond acceptors (Lipinski definition) is 6. The summed E-state index contributed by atoms with van der Waals surface area (Å²) >= 11 is 0. The Kier molecular flexibility index (Phi) is 4.93. The third-order valence-corrected chi connectivity index (χ3v) is 4.89. The summed E-state index contributed by atoms with van der Waals surface area (Å²) in [7, 11) is 1.82. The van der Waals surface area contributed by atoms with Crippen LogP contribution in [0.1, 0.15) is 36.7 Å². The zero-order valence-corrected chi connectivity index (χ0v) is 18.1. The molecule has 0 bridgehead atoms. The first-order valence-electron chi connectivity index (χ1n) is 9.84. The molecule has 0 atom stereocenters. The molecule has 158 valence electrons. The quantitative estimate of drug-likeness (QED) is 0.459. The van der Waals surface area contributed by atoms with E-state index in [-0.39, 0.29) is 0 Å². The Labute approximate surface area is 179 Å². The van der Waals surface area contributed by atoms with Crippen LogP contribution in [0.5, 0.6) is 0 Å². The van der Waals surface area contributed by atoms with Crippen molar-refractivity contribution < 1.29 is 14.3 Å². The molecule has 0 radical (unpaired) electrons. The number of ether oxygens (including phenoxy) is 1. The van der Waals surface area contributed by atoms with Crippen molar-refractivity contribution in [2.45, 2.75) is 33.3 Å². The third-order valence-electron chi connectivity index (χ3n) is 4.89. The molecular formula is C23H23N5O3. The van der Waals surface area contributed by atoms with Gasteiger partial charge in [-0.15, -0.1) is 0 Å². The number of aldehydes is 1. The van der Waals surface area contributed by atoms with Crippen molar-refractivity contribution in [3.05, 3.63) is 54.0 Å². The van der Waals surface area contributed by atoms with Crippen molar-refractivity contribution in [1.29, 1.82) is 0 Å². The molecule has 0 fully saturated rings. The normalized spacial score (nSPS) is 11.6. The van der Waals surface area contributed by atoms with Gasteiger partial charge >= 0.3 is 6.09 Å². The van der Waals surface area contributed by atoms with Crippen LogP contribution < -0.4 is 0 Å². The Bertz CT molecular complexity index is 1310. The predicted molar refractivity (Wildman–Crippen MR) is 117 cm³/mol. The summed E-state index contributed by atoms with van der Waals surface area (Å²) in [5.74, 6) is 0. The fourth-order valence-corrected chi connectivity index (χ4v) is 3.42. The Morgan fingerprint density at radius 3 is 2.61 bits per heavy atom. The van der Waals surface area contributed by atoms with E-state index in [4.69, 9.17) is 4.74 Å². The minimum absolute atomic E-state index is 0.529. The molecule has 31 heavy (non-hydrogen) atoms. The van der Waals surface area contributed by atoms with Gasteiger partial charge in [-0.2, -0.15) is 14.9 Å². The summed E-state index contributed by atoms with van der Waals surface area (Å²) in [6.07, 6.45) is 5.38. The topological polar surface area (TPSA) is 91.9 Å². The molecule has 0 aliphatic carbocycles. The molecule has 0 aliphatic rings. The highest BCUT2D eigenvalue weighted by molar-refractivity contribution is 5.99. The Morgan fingerprint density at radius 1 is 1.19 bits per heavy atom. The van der Waals surface area contributed by atoms with Crippen molar-refractivity contribution in [2.24, 2.45) is 7.05 Å². The van der Waals surface area contributed by atoms with Gasteiger partial charge in [-0.1, -0.05) is 18.2 Å². The van der Waals surface area contributed by atoms with E-state index in [2.05, 4.69) is 15.2 Å². The molecule has 0 spiro atoms. The summed E-state index contributed by atoms with van der Waals surface area (Å²) in [6, 6.07) is 7.39. The van der Waals surface area contributed by atoms with E-state index in [0.717, 1.165) is 28.4 Å². The van der Waals surface area contributed by atoms with Gasteiger partial charge < -0.3 is 4.74 Å². The number of nitrogens with zero attached hydrogens (tertiary/aromatic N) is 5. The highest BCUT2D eigenvalue weighted by atomic mass is 16.6. The maximum absolute atomic E-state index is 12.8. The zero-order valence-electron chi connectivity index (χ0n) is 18.1. The molecule has 4 rings (SSSR count). The maximum atomic E-state index is 12.8. The zero-order chi connectivity index (χ0) is 22.3. The standard InChI is InChI=1S/C23H23N5O3/c1-14-15(13-29)7-6-8-17(14)19-9-18-20(11-24-19)28(22(30)31-23(2,3)4)26-21(18)16-10-25-27(5)12-16/h6-13H,1-5H3. The van der Waals surface area contributed by atoms with E-state index in [1.165, 1.54) is 4.68 Å². The molecule has 0 aliphatic heterocycles. The second-order valence-corrected chi connectivity index (χ2v) is 8.37. The van der Waals surface area contributed by atoms with Crippen molar-refractivity contribution in [3.8, 4) is 22.5 Å². The van der Waals surface area contributed by atoms with Crippen LogP contribution in [0, 0.1) is 6.92 Å². The summed E-state index contributed by atoms with van der Waals surface area (Å²) in [4.78, 5) is 28.7. The number of fused-ring (bicyclic) bond motifs is 1. The molecule has 0 amide bonds. The molecule has 0 saturated heterocycles. The van der Waals surface area contributed by atoms with Gasteiger partial charge in [0.15, 0.2) is 0 Å². The van der Waals surface area contributed by atoms with Gasteiger partial charge in [0.2, 0.25) is 0 Å². The average Bonchev–Trinajstić information content (AvgIpc) is 3.30. The number of pyridine rings is 1. The highest BCUT2D eigenvalue weighted by Crippen LogP contribution is 2.32. The van der Waals surface area contributed by atoms with Crippen LogP contribution >= 0.6 is 0 Å². The largest absolute Gasteiger partial charge is 0.442 e. The molecule has 8 nitrogen and oxygen atoms in total. The number of rotatable bonds is 3. The van der Waals surface area contributed by atoms with Crippen LogP contribution in [0.2, 0.25) is 0 Å². The monoisotopic (exact) mass is 417 g/mol. The van der Waals surface area contributed by atoms with E-state index in [1.807, 2.05) is 38.4 Å². The molecule has 0 saturated carbocycles. The van der Waals surface area contributed by atoms with E-state index in [9.17, 15) is 9.59 Å². The lowest BCUT2D eigenvalue weighted by molar-refractivity contribution is 0.0523. The van der Waals surface area contributed by atoms with Crippen molar-refractivity contribution in [3.63, 3.8) is 0 Å². The minimum atomic E-state index is -0.663. The number of aryl methyl sites for hydroxylation is 1. The van der Waals surface area contributed by atoms with Crippen molar-refractivity contribution in [2.75, 3.05) is 0 Å². The number of aromatic nitrogens is 5. The Hall–Kier alpha value is -3.81.